The highest BCUT2D eigenvalue weighted by atomic mass is 35.5. The number of benzene rings is 1. The van der Waals surface area contributed by atoms with E-state index < -0.39 is 0 Å². The molecule has 1 atom stereocenters. The molecule has 114 valence electrons. The first-order valence-corrected chi connectivity index (χ1v) is 7.28. The highest BCUT2D eigenvalue weighted by molar-refractivity contribution is 6.30. The van der Waals surface area contributed by atoms with Gasteiger partial charge in [-0.05, 0) is 17.7 Å². The minimum absolute atomic E-state index is 0.0207. The number of likely N-dealkylation sites (tertiary alicyclic amines) is 1. The van der Waals surface area contributed by atoms with E-state index in [0.29, 0.717) is 37.7 Å². The Kier molecular flexibility index (Phi) is 5.59. The Bertz CT molecular complexity index is 521. The molecule has 0 radical (unpaired) electrons. The van der Waals surface area contributed by atoms with Crippen molar-refractivity contribution >= 4 is 23.4 Å². The fourth-order valence-electron chi connectivity index (χ4n) is 2.25. The lowest BCUT2D eigenvalue weighted by Crippen LogP contribution is -2.34. The summed E-state index contributed by atoms with van der Waals surface area (Å²) in [5.74, 6) is -0.304. The third kappa shape index (κ3) is 4.72. The van der Waals surface area contributed by atoms with Crippen molar-refractivity contribution in [1.29, 1.82) is 0 Å². The summed E-state index contributed by atoms with van der Waals surface area (Å²) in [4.78, 5) is 24.8. The second-order valence-corrected chi connectivity index (χ2v) is 5.59. The van der Waals surface area contributed by atoms with E-state index >= 15 is 0 Å². The van der Waals surface area contributed by atoms with E-state index in [1.807, 2.05) is 24.3 Å². The average molecular weight is 311 g/mol. The summed E-state index contributed by atoms with van der Waals surface area (Å²) < 4.78 is 5.48. The summed E-state index contributed by atoms with van der Waals surface area (Å²) in [7, 11) is 1.71. The van der Waals surface area contributed by atoms with Gasteiger partial charge in [0.05, 0.1) is 19.1 Å². The van der Waals surface area contributed by atoms with Gasteiger partial charge in [-0.1, -0.05) is 23.7 Å². The van der Waals surface area contributed by atoms with Crippen molar-refractivity contribution in [3.05, 3.63) is 34.9 Å². The van der Waals surface area contributed by atoms with Crippen LogP contribution in [0.5, 0.6) is 0 Å². The second-order valence-electron chi connectivity index (χ2n) is 5.15. The number of ether oxygens (including phenoxy) is 1. The van der Waals surface area contributed by atoms with E-state index in [1.54, 1.807) is 11.9 Å². The third-order valence-electron chi connectivity index (χ3n) is 3.42. The van der Waals surface area contributed by atoms with Gasteiger partial charge in [-0.3, -0.25) is 9.59 Å². The van der Waals surface area contributed by atoms with Crippen LogP contribution in [-0.4, -0.2) is 43.5 Å². The Morgan fingerprint density at radius 2 is 2.33 bits per heavy atom. The van der Waals surface area contributed by atoms with E-state index in [2.05, 4.69) is 5.32 Å². The van der Waals surface area contributed by atoms with Gasteiger partial charge in [0.2, 0.25) is 11.8 Å². The Labute approximate surface area is 129 Å². The lowest BCUT2D eigenvalue weighted by atomic mass is 10.1. The van der Waals surface area contributed by atoms with Gasteiger partial charge in [-0.15, -0.1) is 0 Å². The molecule has 0 saturated carbocycles. The molecule has 0 aliphatic carbocycles. The van der Waals surface area contributed by atoms with Crippen LogP contribution >= 0.6 is 11.6 Å². The highest BCUT2D eigenvalue weighted by Gasteiger charge is 2.31. The van der Waals surface area contributed by atoms with Gasteiger partial charge < -0.3 is 15.0 Å². The van der Waals surface area contributed by atoms with Gasteiger partial charge in [0, 0.05) is 31.6 Å². The second kappa shape index (κ2) is 7.43. The van der Waals surface area contributed by atoms with Gasteiger partial charge in [0.1, 0.15) is 0 Å². The van der Waals surface area contributed by atoms with E-state index in [0.717, 1.165) is 5.56 Å². The molecule has 1 saturated heterocycles. The lowest BCUT2D eigenvalue weighted by Gasteiger charge is -2.11. The molecule has 1 heterocycles. The summed E-state index contributed by atoms with van der Waals surface area (Å²) >= 11 is 5.88. The first kappa shape index (κ1) is 15.8. The molecule has 1 aromatic carbocycles. The summed E-state index contributed by atoms with van der Waals surface area (Å²) in [5, 5.41) is 3.47. The van der Waals surface area contributed by atoms with Crippen LogP contribution in [0.3, 0.4) is 0 Å². The van der Waals surface area contributed by atoms with Gasteiger partial charge in [-0.25, -0.2) is 0 Å². The molecular weight excluding hydrogens is 292 g/mol. The van der Waals surface area contributed by atoms with Crippen LogP contribution < -0.4 is 5.32 Å². The van der Waals surface area contributed by atoms with Crippen LogP contribution in [0.15, 0.2) is 24.3 Å². The molecule has 1 aliphatic rings. The molecule has 1 aromatic rings. The van der Waals surface area contributed by atoms with E-state index in [1.165, 1.54) is 0 Å². The van der Waals surface area contributed by atoms with E-state index in [9.17, 15) is 9.59 Å². The van der Waals surface area contributed by atoms with Crippen LogP contribution in [0.4, 0.5) is 0 Å². The zero-order valence-corrected chi connectivity index (χ0v) is 12.7. The van der Waals surface area contributed by atoms with Crippen LogP contribution in [0.1, 0.15) is 12.0 Å². The molecule has 0 spiro atoms. The number of rotatable bonds is 6. The zero-order valence-electron chi connectivity index (χ0n) is 12.0. The molecule has 2 rings (SSSR count). The van der Waals surface area contributed by atoms with Gasteiger partial charge in [-0.2, -0.15) is 0 Å². The summed E-state index contributed by atoms with van der Waals surface area (Å²) in [6.07, 6.45) is 0.297. The Morgan fingerprint density at radius 3 is 3.00 bits per heavy atom. The Morgan fingerprint density at radius 1 is 1.52 bits per heavy atom. The monoisotopic (exact) mass is 310 g/mol. The predicted molar refractivity (Wildman–Crippen MR) is 79.9 cm³/mol. The van der Waals surface area contributed by atoms with Crippen molar-refractivity contribution < 1.29 is 14.3 Å². The van der Waals surface area contributed by atoms with Gasteiger partial charge in [0.15, 0.2) is 0 Å². The van der Waals surface area contributed by atoms with Crippen molar-refractivity contribution in [2.75, 3.05) is 26.7 Å². The van der Waals surface area contributed by atoms with E-state index in [4.69, 9.17) is 16.3 Å². The molecule has 0 aromatic heterocycles. The van der Waals surface area contributed by atoms with Gasteiger partial charge in [0.25, 0.3) is 0 Å². The Hall–Kier alpha value is -1.59. The smallest absolute Gasteiger partial charge is 0.225 e. The Balaban J connectivity index is 1.62. The number of amides is 2. The maximum Gasteiger partial charge on any atom is 0.225 e. The van der Waals surface area contributed by atoms with Crippen molar-refractivity contribution in [3.63, 3.8) is 0 Å². The SMILES string of the molecule is CN1C[C@H](C(=O)NCCOCc2cccc(Cl)c2)CC1=O. The minimum Gasteiger partial charge on any atom is -0.375 e. The fraction of sp³-hybridized carbons (Fsp3) is 0.467. The predicted octanol–water partition coefficient (Wildman–Crippen LogP) is 1.45. The molecule has 5 nitrogen and oxygen atoms in total. The molecule has 2 amide bonds. The molecule has 6 heteroatoms. The van der Waals surface area contributed by atoms with Crippen LogP contribution in [-0.2, 0) is 20.9 Å². The summed E-state index contributed by atoms with van der Waals surface area (Å²) in [6.45, 7) is 1.82. The maximum absolute atomic E-state index is 11.9. The number of hydrogen-bond donors (Lipinski definition) is 1. The van der Waals surface area contributed by atoms with Crippen LogP contribution in [0.2, 0.25) is 5.02 Å². The minimum atomic E-state index is -0.240. The molecule has 0 bridgehead atoms. The highest BCUT2D eigenvalue weighted by Crippen LogP contribution is 2.15. The number of nitrogens with zero attached hydrogens (tertiary/aromatic N) is 1. The van der Waals surface area contributed by atoms with Crippen molar-refractivity contribution in [2.24, 2.45) is 5.92 Å². The number of nitrogens with one attached hydrogen (secondary N) is 1. The van der Waals surface area contributed by atoms with Crippen molar-refractivity contribution in [2.45, 2.75) is 13.0 Å². The number of hydrogen-bond acceptors (Lipinski definition) is 3. The fourth-order valence-corrected chi connectivity index (χ4v) is 2.46. The molecular formula is C15H19ClN2O3. The van der Waals surface area contributed by atoms with Crippen molar-refractivity contribution in [1.82, 2.24) is 10.2 Å². The third-order valence-corrected chi connectivity index (χ3v) is 3.65. The van der Waals surface area contributed by atoms with Crippen molar-refractivity contribution in [3.8, 4) is 0 Å². The summed E-state index contributed by atoms with van der Waals surface area (Å²) in [6, 6.07) is 7.46. The van der Waals surface area contributed by atoms with Crippen LogP contribution in [0, 0.1) is 5.92 Å². The normalized spacial score (nSPS) is 18.1. The molecule has 1 N–H and O–H groups in total. The summed E-state index contributed by atoms with van der Waals surface area (Å²) in [5.41, 5.74) is 0.997. The number of halogens is 1. The molecule has 0 unspecified atom stereocenters. The topological polar surface area (TPSA) is 58.6 Å². The number of carbonyl (C=O) groups is 2. The first-order chi connectivity index (χ1) is 10.1. The van der Waals surface area contributed by atoms with E-state index in [-0.39, 0.29) is 17.7 Å². The first-order valence-electron chi connectivity index (χ1n) is 6.90. The quantitative estimate of drug-likeness (QED) is 0.809. The maximum atomic E-state index is 11.9. The zero-order chi connectivity index (χ0) is 15.2. The molecule has 21 heavy (non-hydrogen) atoms. The lowest BCUT2D eigenvalue weighted by molar-refractivity contribution is -0.128. The largest absolute Gasteiger partial charge is 0.375 e. The number of carbonyl (C=O) groups excluding carboxylic acids is 2. The van der Waals surface area contributed by atoms with Crippen LogP contribution in [0.25, 0.3) is 0 Å². The standard InChI is InChI=1S/C15H19ClN2O3/c1-18-9-12(8-14(18)19)15(20)17-5-6-21-10-11-3-2-4-13(16)7-11/h2-4,7,12H,5-6,8-10H2,1H3,(H,17,20)/t12-/m1/s1. The molecule has 1 aliphatic heterocycles. The average Bonchev–Trinajstić information content (AvgIpc) is 2.78. The molecule has 1 fully saturated rings. The van der Waals surface area contributed by atoms with Gasteiger partial charge >= 0.3 is 0 Å².